The Kier molecular flexibility index (Phi) is 5.30. The van der Waals surface area contributed by atoms with E-state index in [9.17, 15) is 9.59 Å². The Hall–Kier alpha value is -2.45. The number of hydrogen-bond donors (Lipinski definition) is 2. The van der Waals surface area contributed by atoms with Crippen LogP contribution >= 0.6 is 27.3 Å². The molecule has 3 rings (SSSR count). The zero-order chi connectivity index (χ0) is 17.8. The molecule has 0 atom stereocenters. The average Bonchev–Trinajstić information content (AvgIpc) is 3.21. The van der Waals surface area contributed by atoms with Gasteiger partial charge in [-0.05, 0) is 41.1 Å². The number of anilines is 1. The fraction of sp³-hybridized carbons (Fsp3) is 0.118. The van der Waals surface area contributed by atoms with Gasteiger partial charge in [-0.25, -0.2) is 9.78 Å². The van der Waals surface area contributed by atoms with E-state index < -0.39 is 11.9 Å². The van der Waals surface area contributed by atoms with Gasteiger partial charge in [0.2, 0.25) is 0 Å². The maximum atomic E-state index is 12.0. The molecule has 2 N–H and O–H groups in total. The highest BCUT2D eigenvalue weighted by Gasteiger charge is 2.12. The molecular formula is C17H14BrN3O3S. The van der Waals surface area contributed by atoms with Crippen molar-refractivity contribution >= 4 is 44.8 Å². The van der Waals surface area contributed by atoms with E-state index in [2.05, 4.69) is 31.2 Å². The van der Waals surface area contributed by atoms with Crippen LogP contribution in [0.4, 0.5) is 5.69 Å². The molecule has 25 heavy (non-hydrogen) atoms. The molecule has 3 aromatic rings. The molecule has 0 radical (unpaired) electrons. The van der Waals surface area contributed by atoms with Crippen LogP contribution in [0, 0.1) is 6.92 Å². The number of hydrogen-bond acceptors (Lipinski definition) is 5. The van der Waals surface area contributed by atoms with E-state index in [4.69, 9.17) is 4.74 Å². The van der Waals surface area contributed by atoms with E-state index in [0.29, 0.717) is 5.69 Å². The minimum atomic E-state index is -0.590. The number of nitrogens with zero attached hydrogens (tertiary/aromatic N) is 1. The van der Waals surface area contributed by atoms with Gasteiger partial charge in [0.15, 0.2) is 6.61 Å². The largest absolute Gasteiger partial charge is 0.451 e. The van der Waals surface area contributed by atoms with E-state index in [1.807, 2.05) is 30.5 Å². The molecule has 8 heteroatoms. The number of H-pyrrole nitrogens is 1. The quantitative estimate of drug-likeness (QED) is 0.611. The molecule has 0 fully saturated rings. The smallest absolute Gasteiger partial charge is 0.355 e. The predicted molar refractivity (Wildman–Crippen MR) is 99.7 cm³/mol. The van der Waals surface area contributed by atoms with Crippen LogP contribution < -0.4 is 5.32 Å². The van der Waals surface area contributed by atoms with Gasteiger partial charge in [-0.2, -0.15) is 0 Å². The Bertz CT molecular complexity index is 919. The number of esters is 1. The summed E-state index contributed by atoms with van der Waals surface area (Å²) in [5, 5.41) is 5.65. The van der Waals surface area contributed by atoms with Crippen LogP contribution in [-0.4, -0.2) is 28.5 Å². The Morgan fingerprint density at radius 3 is 2.88 bits per heavy atom. The number of carbonyl (C=O) groups excluding carboxylic acids is 2. The lowest BCUT2D eigenvalue weighted by Gasteiger charge is -2.07. The molecule has 1 amide bonds. The van der Waals surface area contributed by atoms with Gasteiger partial charge in [0.1, 0.15) is 5.69 Å². The number of aromatic amines is 1. The standard InChI is InChI=1S/C17H14BrN3O3S/c1-10-20-15(9-25-10)11-3-2-4-13(5-11)21-16(22)8-24-17(23)14-6-12(18)7-19-14/h2-7,9,19H,8H2,1H3,(H,21,22). The molecule has 1 aromatic carbocycles. The molecular weight excluding hydrogens is 406 g/mol. The second-order valence-electron chi connectivity index (χ2n) is 5.19. The second kappa shape index (κ2) is 7.62. The van der Waals surface area contributed by atoms with Crippen LogP contribution in [0.1, 0.15) is 15.5 Å². The minimum absolute atomic E-state index is 0.278. The zero-order valence-electron chi connectivity index (χ0n) is 13.2. The maximum Gasteiger partial charge on any atom is 0.355 e. The summed E-state index contributed by atoms with van der Waals surface area (Å²) in [6, 6.07) is 8.94. The highest BCUT2D eigenvalue weighted by atomic mass is 79.9. The molecule has 6 nitrogen and oxygen atoms in total. The highest BCUT2D eigenvalue weighted by molar-refractivity contribution is 9.10. The molecule has 0 aliphatic heterocycles. The van der Waals surface area contributed by atoms with Crippen molar-refractivity contribution in [3.8, 4) is 11.3 Å². The van der Waals surface area contributed by atoms with Gasteiger partial charge in [0, 0.05) is 27.3 Å². The number of rotatable bonds is 5. The summed E-state index contributed by atoms with van der Waals surface area (Å²) < 4.78 is 5.71. The van der Waals surface area contributed by atoms with Crippen molar-refractivity contribution in [1.29, 1.82) is 0 Å². The number of benzene rings is 1. The highest BCUT2D eigenvalue weighted by Crippen LogP contribution is 2.24. The van der Waals surface area contributed by atoms with Crippen LogP contribution in [0.3, 0.4) is 0 Å². The lowest BCUT2D eigenvalue weighted by atomic mass is 10.1. The van der Waals surface area contributed by atoms with Crippen molar-refractivity contribution in [3.63, 3.8) is 0 Å². The summed E-state index contributed by atoms with van der Waals surface area (Å²) in [7, 11) is 0. The number of amides is 1. The van der Waals surface area contributed by atoms with Crippen LogP contribution in [0.25, 0.3) is 11.3 Å². The van der Waals surface area contributed by atoms with Gasteiger partial charge >= 0.3 is 5.97 Å². The SMILES string of the molecule is Cc1nc(-c2cccc(NC(=O)COC(=O)c3cc(Br)c[nH]3)c2)cs1. The summed E-state index contributed by atoms with van der Waals surface area (Å²) in [6.07, 6.45) is 1.61. The molecule has 2 heterocycles. The fourth-order valence-electron chi connectivity index (χ4n) is 2.14. The first kappa shape index (κ1) is 17.4. The molecule has 0 saturated heterocycles. The number of aromatic nitrogens is 2. The minimum Gasteiger partial charge on any atom is -0.451 e. The Morgan fingerprint density at radius 2 is 2.20 bits per heavy atom. The van der Waals surface area contributed by atoms with Gasteiger partial charge in [-0.1, -0.05) is 12.1 Å². The number of nitrogens with one attached hydrogen (secondary N) is 2. The Morgan fingerprint density at radius 1 is 1.36 bits per heavy atom. The van der Waals surface area contributed by atoms with Crippen molar-refractivity contribution in [2.45, 2.75) is 6.92 Å². The van der Waals surface area contributed by atoms with Crippen molar-refractivity contribution in [2.75, 3.05) is 11.9 Å². The van der Waals surface area contributed by atoms with E-state index in [1.165, 1.54) is 0 Å². The number of aryl methyl sites for hydroxylation is 1. The summed E-state index contributed by atoms with van der Waals surface area (Å²) in [5.41, 5.74) is 2.67. The summed E-state index contributed by atoms with van der Waals surface area (Å²) in [4.78, 5) is 31.0. The van der Waals surface area contributed by atoms with E-state index >= 15 is 0 Å². The van der Waals surface area contributed by atoms with Crippen molar-refractivity contribution in [1.82, 2.24) is 9.97 Å². The third kappa shape index (κ3) is 4.55. The number of carbonyl (C=O) groups is 2. The van der Waals surface area contributed by atoms with Crippen LogP contribution in [0.5, 0.6) is 0 Å². The lowest BCUT2D eigenvalue weighted by molar-refractivity contribution is -0.119. The summed E-state index contributed by atoms with van der Waals surface area (Å²) in [5.74, 6) is -1.00. The van der Waals surface area contributed by atoms with E-state index in [-0.39, 0.29) is 12.3 Å². The first-order valence-corrected chi connectivity index (χ1v) is 9.02. The first-order valence-electron chi connectivity index (χ1n) is 7.35. The molecule has 2 aromatic heterocycles. The van der Waals surface area contributed by atoms with Crippen molar-refractivity contribution in [2.24, 2.45) is 0 Å². The monoisotopic (exact) mass is 419 g/mol. The average molecular weight is 420 g/mol. The van der Waals surface area contributed by atoms with Crippen molar-refractivity contribution in [3.05, 3.63) is 57.1 Å². The molecule has 0 bridgehead atoms. The molecule has 0 aliphatic rings. The lowest BCUT2D eigenvalue weighted by Crippen LogP contribution is -2.21. The van der Waals surface area contributed by atoms with Crippen LogP contribution in [0.15, 0.2) is 46.4 Å². The Labute approximate surface area is 156 Å². The van der Waals surface area contributed by atoms with Gasteiger partial charge in [-0.15, -0.1) is 11.3 Å². The van der Waals surface area contributed by atoms with Gasteiger partial charge in [0.25, 0.3) is 5.91 Å². The van der Waals surface area contributed by atoms with Crippen LogP contribution in [0.2, 0.25) is 0 Å². The van der Waals surface area contributed by atoms with Crippen LogP contribution in [-0.2, 0) is 9.53 Å². The summed E-state index contributed by atoms with van der Waals surface area (Å²) >= 11 is 4.80. The first-order chi connectivity index (χ1) is 12.0. The second-order valence-corrected chi connectivity index (χ2v) is 7.17. The van der Waals surface area contributed by atoms with Gasteiger partial charge < -0.3 is 15.0 Å². The summed E-state index contributed by atoms with van der Waals surface area (Å²) in [6.45, 7) is 1.58. The zero-order valence-corrected chi connectivity index (χ0v) is 15.6. The Balaban J connectivity index is 1.58. The third-order valence-corrected chi connectivity index (χ3v) is 4.49. The molecule has 128 valence electrons. The molecule has 0 saturated carbocycles. The third-order valence-electron chi connectivity index (χ3n) is 3.26. The van der Waals surface area contributed by atoms with E-state index in [1.54, 1.807) is 29.7 Å². The van der Waals surface area contributed by atoms with Gasteiger partial charge in [-0.3, -0.25) is 4.79 Å². The molecule has 0 unspecified atom stereocenters. The topological polar surface area (TPSA) is 84.1 Å². The molecule has 0 aliphatic carbocycles. The predicted octanol–water partition coefficient (Wildman–Crippen LogP) is 4.00. The molecule has 0 spiro atoms. The van der Waals surface area contributed by atoms with Crippen molar-refractivity contribution < 1.29 is 14.3 Å². The van der Waals surface area contributed by atoms with E-state index in [0.717, 1.165) is 20.7 Å². The normalized spacial score (nSPS) is 10.5. The number of halogens is 1. The van der Waals surface area contributed by atoms with Gasteiger partial charge in [0.05, 0.1) is 10.7 Å². The number of ether oxygens (including phenoxy) is 1. The number of thiazole rings is 1. The fourth-order valence-corrected chi connectivity index (χ4v) is 3.11. The maximum absolute atomic E-state index is 12.0.